The van der Waals surface area contributed by atoms with E-state index in [0.29, 0.717) is 16.6 Å². The standard InChI is InChI=1S/C16H23ClN2O/c1-10(2)11-3-5-12(6-4-11)19-13-7-8-14(16(18)20)15(17)9-13/h7-12,19H,3-6H2,1-2H3,(H2,18,20). The van der Waals surface area contributed by atoms with E-state index in [1.54, 1.807) is 12.1 Å². The predicted molar refractivity (Wildman–Crippen MR) is 84.2 cm³/mol. The number of nitrogens with one attached hydrogen (secondary N) is 1. The Morgan fingerprint density at radius 2 is 1.95 bits per heavy atom. The van der Waals surface area contributed by atoms with Gasteiger partial charge in [0.05, 0.1) is 10.6 Å². The average molecular weight is 295 g/mol. The van der Waals surface area contributed by atoms with Gasteiger partial charge in [-0.1, -0.05) is 25.4 Å². The van der Waals surface area contributed by atoms with Crippen LogP contribution < -0.4 is 11.1 Å². The molecule has 1 amide bonds. The number of amides is 1. The summed E-state index contributed by atoms with van der Waals surface area (Å²) >= 11 is 6.07. The summed E-state index contributed by atoms with van der Waals surface area (Å²) in [6, 6.07) is 5.85. The Balaban J connectivity index is 1.95. The molecule has 4 heteroatoms. The summed E-state index contributed by atoms with van der Waals surface area (Å²) in [4.78, 5) is 11.1. The fourth-order valence-electron chi connectivity index (χ4n) is 2.97. The third-order valence-corrected chi connectivity index (χ3v) is 4.63. The number of rotatable bonds is 4. The summed E-state index contributed by atoms with van der Waals surface area (Å²) in [5.41, 5.74) is 6.59. The maximum Gasteiger partial charge on any atom is 0.250 e. The highest BCUT2D eigenvalue weighted by Crippen LogP contribution is 2.31. The first-order valence-corrected chi connectivity index (χ1v) is 7.71. The molecule has 1 aromatic rings. The lowest BCUT2D eigenvalue weighted by Gasteiger charge is -2.32. The molecule has 110 valence electrons. The highest BCUT2D eigenvalue weighted by molar-refractivity contribution is 6.34. The van der Waals surface area contributed by atoms with Gasteiger partial charge in [0.1, 0.15) is 0 Å². The zero-order chi connectivity index (χ0) is 14.7. The van der Waals surface area contributed by atoms with Crippen molar-refractivity contribution >= 4 is 23.2 Å². The minimum Gasteiger partial charge on any atom is -0.382 e. The van der Waals surface area contributed by atoms with Crippen molar-refractivity contribution in [3.8, 4) is 0 Å². The molecule has 0 heterocycles. The molecule has 1 aliphatic carbocycles. The Hall–Kier alpha value is -1.22. The van der Waals surface area contributed by atoms with E-state index in [1.165, 1.54) is 25.7 Å². The van der Waals surface area contributed by atoms with Crippen LogP contribution in [0, 0.1) is 11.8 Å². The van der Waals surface area contributed by atoms with E-state index in [0.717, 1.165) is 17.5 Å². The summed E-state index contributed by atoms with van der Waals surface area (Å²) in [5.74, 6) is 1.15. The van der Waals surface area contributed by atoms with Crippen LogP contribution in [0.15, 0.2) is 18.2 Å². The molecular formula is C16H23ClN2O. The molecule has 0 aliphatic heterocycles. The summed E-state index contributed by atoms with van der Waals surface area (Å²) in [6.45, 7) is 4.61. The molecule has 1 aliphatic rings. The van der Waals surface area contributed by atoms with Gasteiger partial charge in [0.15, 0.2) is 0 Å². The second kappa shape index (κ2) is 6.49. The maximum absolute atomic E-state index is 11.1. The van der Waals surface area contributed by atoms with Gasteiger partial charge in [-0.2, -0.15) is 0 Å². The highest BCUT2D eigenvalue weighted by atomic mass is 35.5. The van der Waals surface area contributed by atoms with Crippen LogP contribution in [0.3, 0.4) is 0 Å². The Kier molecular flexibility index (Phi) is 4.92. The number of primary amides is 1. The molecule has 3 N–H and O–H groups in total. The zero-order valence-corrected chi connectivity index (χ0v) is 12.9. The second-order valence-corrected chi connectivity index (χ2v) is 6.47. The van der Waals surface area contributed by atoms with Crippen molar-refractivity contribution in [3.05, 3.63) is 28.8 Å². The lowest BCUT2D eigenvalue weighted by molar-refractivity contribution is 0.100. The smallest absolute Gasteiger partial charge is 0.250 e. The van der Waals surface area contributed by atoms with Crippen LogP contribution >= 0.6 is 11.6 Å². The van der Waals surface area contributed by atoms with Gasteiger partial charge >= 0.3 is 0 Å². The van der Waals surface area contributed by atoms with Gasteiger partial charge < -0.3 is 11.1 Å². The van der Waals surface area contributed by atoms with E-state index in [4.69, 9.17) is 17.3 Å². The minimum atomic E-state index is -0.487. The van der Waals surface area contributed by atoms with E-state index in [-0.39, 0.29) is 0 Å². The minimum absolute atomic E-state index is 0.376. The normalized spacial score (nSPS) is 22.8. The van der Waals surface area contributed by atoms with Crippen molar-refractivity contribution in [1.82, 2.24) is 0 Å². The third kappa shape index (κ3) is 3.66. The maximum atomic E-state index is 11.1. The first kappa shape index (κ1) is 15.2. The van der Waals surface area contributed by atoms with Crippen LogP contribution in [-0.4, -0.2) is 11.9 Å². The van der Waals surface area contributed by atoms with Crippen molar-refractivity contribution in [2.75, 3.05) is 5.32 Å². The molecule has 20 heavy (non-hydrogen) atoms. The number of hydrogen-bond acceptors (Lipinski definition) is 2. The van der Waals surface area contributed by atoms with Gasteiger partial charge in [-0.3, -0.25) is 4.79 Å². The second-order valence-electron chi connectivity index (χ2n) is 6.06. The largest absolute Gasteiger partial charge is 0.382 e. The topological polar surface area (TPSA) is 55.1 Å². The van der Waals surface area contributed by atoms with Gasteiger partial charge in [-0.15, -0.1) is 0 Å². The molecule has 0 unspecified atom stereocenters. The Bertz CT molecular complexity index is 479. The molecule has 0 saturated heterocycles. The van der Waals surface area contributed by atoms with Crippen molar-refractivity contribution in [1.29, 1.82) is 0 Å². The molecule has 0 spiro atoms. The third-order valence-electron chi connectivity index (χ3n) is 4.32. The molecule has 0 atom stereocenters. The van der Waals surface area contributed by atoms with Crippen LogP contribution in [0.4, 0.5) is 5.69 Å². The van der Waals surface area contributed by atoms with Gasteiger partial charge in [0.2, 0.25) is 5.91 Å². The number of carbonyl (C=O) groups is 1. The fourth-order valence-corrected chi connectivity index (χ4v) is 3.24. The first-order chi connectivity index (χ1) is 9.47. The summed E-state index contributed by atoms with van der Waals surface area (Å²) in [5, 5.41) is 3.93. The number of anilines is 1. The van der Waals surface area contributed by atoms with Crippen LogP contribution in [0.2, 0.25) is 5.02 Å². The van der Waals surface area contributed by atoms with Crippen LogP contribution in [-0.2, 0) is 0 Å². The number of carbonyl (C=O) groups excluding carboxylic acids is 1. The lowest BCUT2D eigenvalue weighted by Crippen LogP contribution is -2.27. The molecular weight excluding hydrogens is 272 g/mol. The van der Waals surface area contributed by atoms with E-state index in [2.05, 4.69) is 19.2 Å². The van der Waals surface area contributed by atoms with E-state index < -0.39 is 5.91 Å². The zero-order valence-electron chi connectivity index (χ0n) is 12.2. The molecule has 2 rings (SSSR count). The Labute approximate surface area is 125 Å². The molecule has 1 fully saturated rings. The van der Waals surface area contributed by atoms with Gasteiger partial charge in [-0.25, -0.2) is 0 Å². The molecule has 0 radical (unpaired) electrons. The predicted octanol–water partition coefficient (Wildman–Crippen LogP) is 4.07. The van der Waals surface area contributed by atoms with Crippen molar-refractivity contribution in [2.45, 2.75) is 45.6 Å². The first-order valence-electron chi connectivity index (χ1n) is 7.33. The van der Waals surface area contributed by atoms with Crippen LogP contribution in [0.5, 0.6) is 0 Å². The summed E-state index contributed by atoms with van der Waals surface area (Å²) in [7, 11) is 0. The summed E-state index contributed by atoms with van der Waals surface area (Å²) < 4.78 is 0. The fraction of sp³-hybridized carbons (Fsp3) is 0.562. The van der Waals surface area contributed by atoms with Crippen molar-refractivity contribution in [3.63, 3.8) is 0 Å². The average Bonchev–Trinajstić information content (AvgIpc) is 2.39. The Morgan fingerprint density at radius 3 is 2.45 bits per heavy atom. The highest BCUT2D eigenvalue weighted by Gasteiger charge is 2.23. The lowest BCUT2D eigenvalue weighted by atomic mass is 9.79. The van der Waals surface area contributed by atoms with Gasteiger partial charge in [0, 0.05) is 11.7 Å². The summed E-state index contributed by atoms with van der Waals surface area (Å²) in [6.07, 6.45) is 4.95. The number of benzene rings is 1. The molecule has 3 nitrogen and oxygen atoms in total. The number of hydrogen-bond donors (Lipinski definition) is 2. The quantitative estimate of drug-likeness (QED) is 0.879. The van der Waals surface area contributed by atoms with Gasteiger partial charge in [-0.05, 0) is 55.7 Å². The van der Waals surface area contributed by atoms with Crippen LogP contribution in [0.25, 0.3) is 0 Å². The molecule has 1 aromatic carbocycles. The monoisotopic (exact) mass is 294 g/mol. The van der Waals surface area contributed by atoms with E-state index in [1.807, 2.05) is 6.07 Å². The van der Waals surface area contributed by atoms with Crippen molar-refractivity contribution in [2.24, 2.45) is 17.6 Å². The molecule has 1 saturated carbocycles. The number of nitrogens with two attached hydrogens (primary N) is 1. The van der Waals surface area contributed by atoms with Crippen LogP contribution in [0.1, 0.15) is 49.9 Å². The van der Waals surface area contributed by atoms with Crippen molar-refractivity contribution < 1.29 is 4.79 Å². The van der Waals surface area contributed by atoms with Gasteiger partial charge in [0.25, 0.3) is 0 Å². The van der Waals surface area contributed by atoms with E-state index in [9.17, 15) is 4.79 Å². The SMILES string of the molecule is CC(C)C1CCC(Nc2ccc(C(N)=O)c(Cl)c2)CC1. The number of halogens is 1. The molecule has 0 aromatic heterocycles. The van der Waals surface area contributed by atoms with E-state index >= 15 is 0 Å². The Morgan fingerprint density at radius 1 is 1.30 bits per heavy atom. The molecule has 0 bridgehead atoms.